The third kappa shape index (κ3) is 6.29. The predicted molar refractivity (Wildman–Crippen MR) is 156 cm³/mol. The molecule has 4 N–H and O–H groups in total. The largest absolute Gasteiger partial charge is 0.437 e. The molecule has 2 aromatic heterocycles. The zero-order valence-electron chi connectivity index (χ0n) is 22.2. The number of nitrogens with zero attached hydrogens (tertiary/aromatic N) is 3. The van der Waals surface area contributed by atoms with Gasteiger partial charge in [0.25, 0.3) is 0 Å². The van der Waals surface area contributed by atoms with E-state index < -0.39 is 10.0 Å². The van der Waals surface area contributed by atoms with Gasteiger partial charge in [0, 0.05) is 35.2 Å². The van der Waals surface area contributed by atoms with Crippen LogP contribution in [0, 0.1) is 6.92 Å². The Morgan fingerprint density at radius 1 is 0.974 bits per heavy atom. The summed E-state index contributed by atoms with van der Waals surface area (Å²) in [7, 11) is -3.45. The molecule has 5 rings (SSSR count). The van der Waals surface area contributed by atoms with E-state index in [2.05, 4.69) is 20.0 Å². The van der Waals surface area contributed by atoms with Crippen LogP contribution in [-0.4, -0.2) is 41.2 Å². The van der Waals surface area contributed by atoms with Crippen molar-refractivity contribution >= 4 is 32.4 Å². The second-order valence-electron chi connectivity index (χ2n) is 10.0. The number of rotatable bonds is 9. The number of hydrogen-bond acceptors (Lipinski definition) is 8. The lowest BCUT2D eigenvalue weighted by Gasteiger charge is -2.26. The van der Waals surface area contributed by atoms with Crippen LogP contribution < -0.4 is 20.5 Å². The van der Waals surface area contributed by atoms with Gasteiger partial charge in [0.05, 0.1) is 22.7 Å². The predicted octanol–water partition coefficient (Wildman–Crippen LogP) is 5.63. The Labute approximate surface area is 229 Å². The third-order valence-corrected chi connectivity index (χ3v) is 8.43. The summed E-state index contributed by atoms with van der Waals surface area (Å²) in [6, 6.07) is 15.5. The molecule has 2 heterocycles. The highest BCUT2D eigenvalue weighted by Crippen LogP contribution is 2.38. The highest BCUT2D eigenvalue weighted by molar-refractivity contribution is 7.92. The van der Waals surface area contributed by atoms with Crippen LogP contribution in [0.3, 0.4) is 0 Å². The molecule has 0 aliphatic heterocycles. The van der Waals surface area contributed by atoms with Crippen LogP contribution in [0.15, 0.2) is 60.9 Å². The van der Waals surface area contributed by atoms with Gasteiger partial charge in [-0.2, -0.15) is 0 Å². The molecule has 0 radical (unpaired) electrons. The Kier molecular flexibility index (Phi) is 7.94. The van der Waals surface area contributed by atoms with Gasteiger partial charge in [0.1, 0.15) is 5.75 Å². The number of hydrogen-bond donors (Lipinski definition) is 3. The summed E-state index contributed by atoms with van der Waals surface area (Å²) in [5, 5.41) is 4.98. The first-order chi connectivity index (χ1) is 18.8. The number of aryl methyl sites for hydroxylation is 1. The molecule has 39 heavy (non-hydrogen) atoms. The summed E-state index contributed by atoms with van der Waals surface area (Å²) < 4.78 is 34.1. The lowest BCUT2D eigenvalue weighted by molar-refractivity contribution is 0.410. The summed E-state index contributed by atoms with van der Waals surface area (Å²) in [6.45, 7) is 3.79. The molecular weight excluding hydrogens is 512 g/mol. The van der Waals surface area contributed by atoms with Crippen molar-refractivity contribution in [2.75, 3.05) is 15.8 Å². The van der Waals surface area contributed by atoms with Crippen LogP contribution in [0.5, 0.6) is 11.6 Å². The van der Waals surface area contributed by atoms with Crippen molar-refractivity contribution in [2.24, 2.45) is 5.73 Å². The van der Waals surface area contributed by atoms with E-state index in [4.69, 9.17) is 15.5 Å². The SMILES string of the molecule is CCCS(=O)(=O)Nc1cccc2c(Oc3ncccc3-c3ccnc(N[C@H]4CC[C@H](N)CC4)n3)c(C)ccc12. The summed E-state index contributed by atoms with van der Waals surface area (Å²) in [6.07, 6.45) is 7.91. The van der Waals surface area contributed by atoms with E-state index in [0.717, 1.165) is 47.6 Å². The minimum atomic E-state index is -3.45. The number of nitrogens with one attached hydrogen (secondary N) is 2. The van der Waals surface area contributed by atoms with E-state index in [1.54, 1.807) is 18.5 Å². The minimum absolute atomic E-state index is 0.0555. The zero-order chi connectivity index (χ0) is 27.4. The number of aromatic nitrogens is 3. The van der Waals surface area contributed by atoms with Gasteiger partial charge in [0.2, 0.25) is 21.9 Å². The van der Waals surface area contributed by atoms with E-state index in [9.17, 15) is 8.42 Å². The van der Waals surface area contributed by atoms with Gasteiger partial charge in [0.15, 0.2) is 0 Å². The second-order valence-corrected chi connectivity index (χ2v) is 11.9. The van der Waals surface area contributed by atoms with Gasteiger partial charge in [-0.15, -0.1) is 0 Å². The lowest BCUT2D eigenvalue weighted by Crippen LogP contribution is -2.33. The van der Waals surface area contributed by atoms with E-state index in [0.29, 0.717) is 41.4 Å². The average Bonchev–Trinajstić information content (AvgIpc) is 2.92. The van der Waals surface area contributed by atoms with E-state index in [1.165, 1.54) is 0 Å². The van der Waals surface area contributed by atoms with Crippen molar-refractivity contribution in [1.29, 1.82) is 0 Å². The van der Waals surface area contributed by atoms with Gasteiger partial charge < -0.3 is 15.8 Å². The molecule has 9 nitrogen and oxygen atoms in total. The van der Waals surface area contributed by atoms with Crippen LogP contribution in [0.25, 0.3) is 22.0 Å². The first-order valence-electron chi connectivity index (χ1n) is 13.3. The topological polar surface area (TPSA) is 132 Å². The van der Waals surface area contributed by atoms with Crippen molar-refractivity contribution in [3.8, 4) is 22.9 Å². The Morgan fingerprint density at radius 2 is 1.79 bits per heavy atom. The van der Waals surface area contributed by atoms with Gasteiger partial charge in [-0.25, -0.2) is 23.4 Å². The molecule has 1 aliphatic carbocycles. The van der Waals surface area contributed by atoms with Gasteiger partial charge in [-0.05, 0) is 68.9 Å². The number of pyridine rings is 1. The van der Waals surface area contributed by atoms with E-state index >= 15 is 0 Å². The lowest BCUT2D eigenvalue weighted by atomic mass is 9.92. The molecule has 1 fully saturated rings. The van der Waals surface area contributed by atoms with Crippen molar-refractivity contribution in [2.45, 2.75) is 58.0 Å². The molecule has 4 aromatic rings. The van der Waals surface area contributed by atoms with Crippen LogP contribution in [-0.2, 0) is 10.0 Å². The quantitative estimate of drug-likeness (QED) is 0.246. The van der Waals surface area contributed by atoms with Crippen LogP contribution in [0.4, 0.5) is 11.6 Å². The zero-order valence-corrected chi connectivity index (χ0v) is 23.0. The highest BCUT2D eigenvalue weighted by Gasteiger charge is 2.20. The molecule has 1 aliphatic rings. The fourth-order valence-electron chi connectivity index (χ4n) is 4.94. The summed E-state index contributed by atoms with van der Waals surface area (Å²) in [4.78, 5) is 13.7. The second kappa shape index (κ2) is 11.5. The normalized spacial score (nSPS) is 17.6. The molecule has 204 valence electrons. The molecule has 0 atom stereocenters. The first kappa shape index (κ1) is 26.8. The fourth-order valence-corrected chi connectivity index (χ4v) is 6.09. The minimum Gasteiger partial charge on any atom is -0.437 e. The molecular formula is C29H34N6O3S. The Bertz CT molecular complexity index is 1570. The Hall–Kier alpha value is -3.76. The summed E-state index contributed by atoms with van der Waals surface area (Å²) >= 11 is 0. The summed E-state index contributed by atoms with van der Waals surface area (Å²) in [5.74, 6) is 1.63. The smallest absolute Gasteiger partial charge is 0.232 e. The number of ether oxygens (including phenoxy) is 1. The Balaban J connectivity index is 1.47. The van der Waals surface area contributed by atoms with Gasteiger partial charge >= 0.3 is 0 Å². The van der Waals surface area contributed by atoms with Crippen LogP contribution in [0.1, 0.15) is 44.6 Å². The average molecular weight is 547 g/mol. The molecule has 10 heteroatoms. The molecule has 0 amide bonds. The maximum Gasteiger partial charge on any atom is 0.232 e. The molecule has 1 saturated carbocycles. The number of anilines is 2. The van der Waals surface area contributed by atoms with Crippen LogP contribution >= 0.6 is 0 Å². The number of fused-ring (bicyclic) bond motifs is 1. The third-order valence-electron chi connectivity index (χ3n) is 6.95. The number of nitrogens with two attached hydrogens (primary N) is 1. The Morgan fingerprint density at radius 3 is 2.59 bits per heavy atom. The van der Waals surface area contributed by atoms with Crippen LogP contribution in [0.2, 0.25) is 0 Å². The van der Waals surface area contributed by atoms with Crippen molar-refractivity contribution in [1.82, 2.24) is 15.0 Å². The van der Waals surface area contributed by atoms with Crippen molar-refractivity contribution in [3.05, 3.63) is 66.5 Å². The fraction of sp³-hybridized carbons (Fsp3) is 0.345. The highest BCUT2D eigenvalue weighted by atomic mass is 32.2. The van der Waals surface area contributed by atoms with E-state index in [1.807, 2.05) is 56.3 Å². The maximum atomic E-state index is 12.5. The van der Waals surface area contributed by atoms with Gasteiger partial charge in [-0.3, -0.25) is 4.72 Å². The van der Waals surface area contributed by atoms with E-state index in [-0.39, 0.29) is 11.8 Å². The number of sulfonamides is 1. The molecule has 0 bridgehead atoms. The first-order valence-corrected chi connectivity index (χ1v) is 15.0. The monoisotopic (exact) mass is 546 g/mol. The molecule has 0 unspecified atom stereocenters. The summed E-state index contributed by atoms with van der Waals surface area (Å²) in [5.41, 5.74) is 8.88. The molecule has 2 aromatic carbocycles. The van der Waals surface area contributed by atoms with Gasteiger partial charge in [-0.1, -0.05) is 31.2 Å². The standard InChI is InChI=1S/C29H34N6O3S/c1-3-18-39(36,37)35-26-8-4-6-23-22(26)14-9-19(2)27(23)38-28-24(7-5-16-31-28)25-15-17-32-29(34-25)33-21-12-10-20(30)11-13-21/h4-9,14-17,20-21,35H,3,10-13,18,30H2,1-2H3,(H,32,33,34)/t20-,21-. The van der Waals surface area contributed by atoms with Crippen molar-refractivity contribution < 1.29 is 13.2 Å². The molecule has 0 spiro atoms. The number of benzene rings is 2. The molecule has 0 saturated heterocycles. The van der Waals surface area contributed by atoms with Crippen molar-refractivity contribution in [3.63, 3.8) is 0 Å². The maximum absolute atomic E-state index is 12.5.